The van der Waals surface area contributed by atoms with Crippen molar-refractivity contribution in [3.05, 3.63) is 64.8 Å². The number of nitrogens with one attached hydrogen (secondary N) is 1. The van der Waals surface area contributed by atoms with Gasteiger partial charge in [0.1, 0.15) is 6.04 Å². The van der Waals surface area contributed by atoms with E-state index in [0.29, 0.717) is 0 Å². The van der Waals surface area contributed by atoms with Gasteiger partial charge in [0.15, 0.2) is 0 Å². The third kappa shape index (κ3) is 3.27. The van der Waals surface area contributed by atoms with Gasteiger partial charge in [-0.3, -0.25) is 9.69 Å². The number of anilines is 1. The molecule has 1 aromatic heterocycles. The molecule has 5 heteroatoms. The summed E-state index contributed by atoms with van der Waals surface area (Å²) in [5.74, 6) is -0.784. The van der Waals surface area contributed by atoms with Crippen LogP contribution in [0.3, 0.4) is 0 Å². The maximum Gasteiger partial charge on any atom is 0.325 e. The Morgan fingerprint density at radius 1 is 1.04 bits per heavy atom. The number of H-pyrrole nitrogens is 1. The van der Waals surface area contributed by atoms with Gasteiger partial charge in [0.2, 0.25) is 0 Å². The summed E-state index contributed by atoms with van der Waals surface area (Å²) in [5.41, 5.74) is 6.61. The maximum atomic E-state index is 12.3. The lowest BCUT2D eigenvalue weighted by Crippen LogP contribution is -2.49. The van der Waals surface area contributed by atoms with Gasteiger partial charge in [0.05, 0.1) is 0 Å². The lowest BCUT2D eigenvalue weighted by atomic mass is 10.0. The highest BCUT2D eigenvalue weighted by Crippen LogP contribution is 2.33. The van der Waals surface area contributed by atoms with E-state index in [4.69, 9.17) is 0 Å². The minimum atomic E-state index is -0.784. The van der Waals surface area contributed by atoms with E-state index in [0.717, 1.165) is 48.3 Å². The largest absolute Gasteiger partial charge is 0.480 e. The Morgan fingerprint density at radius 2 is 1.75 bits per heavy atom. The van der Waals surface area contributed by atoms with Gasteiger partial charge in [0.25, 0.3) is 0 Å². The topological polar surface area (TPSA) is 59.6 Å². The van der Waals surface area contributed by atoms with Gasteiger partial charge in [-0.15, -0.1) is 0 Å². The summed E-state index contributed by atoms with van der Waals surface area (Å²) in [7, 11) is 0. The van der Waals surface area contributed by atoms with Crippen molar-refractivity contribution in [1.82, 2.24) is 9.88 Å². The molecule has 0 unspecified atom stereocenters. The van der Waals surface area contributed by atoms with Crippen molar-refractivity contribution in [3.8, 4) is 0 Å². The van der Waals surface area contributed by atoms with E-state index in [1.165, 1.54) is 16.8 Å². The molecule has 3 aromatic rings. The SMILES string of the molecule is Cc1ccc(N2CCN([C@H](C(=O)O)c3c(C)[nH]c4ccccc34)CC2)c(C)c1. The Morgan fingerprint density at radius 3 is 2.43 bits per heavy atom. The number of rotatable bonds is 4. The van der Waals surface area contributed by atoms with Crippen LogP contribution in [0.15, 0.2) is 42.5 Å². The molecule has 5 nitrogen and oxygen atoms in total. The van der Waals surface area contributed by atoms with Crippen molar-refractivity contribution >= 4 is 22.6 Å². The molecule has 1 saturated heterocycles. The van der Waals surface area contributed by atoms with E-state index >= 15 is 0 Å². The average molecular weight is 377 g/mol. The number of hydrogen-bond acceptors (Lipinski definition) is 3. The second-order valence-corrected chi connectivity index (χ2v) is 7.76. The summed E-state index contributed by atoms with van der Waals surface area (Å²) in [5, 5.41) is 11.1. The third-order valence-electron chi connectivity index (χ3n) is 5.82. The van der Waals surface area contributed by atoms with Crippen molar-refractivity contribution in [2.45, 2.75) is 26.8 Å². The lowest BCUT2D eigenvalue weighted by Gasteiger charge is -2.39. The van der Waals surface area contributed by atoms with Crippen LogP contribution in [0.5, 0.6) is 0 Å². The molecule has 146 valence electrons. The number of benzene rings is 2. The van der Waals surface area contributed by atoms with E-state index in [2.05, 4.69) is 46.8 Å². The number of carboxylic acid groups (broad SMARTS) is 1. The molecule has 28 heavy (non-hydrogen) atoms. The second-order valence-electron chi connectivity index (χ2n) is 7.76. The van der Waals surface area contributed by atoms with Crippen LogP contribution < -0.4 is 4.90 Å². The predicted octanol–water partition coefficient (Wildman–Crippen LogP) is 4.04. The fraction of sp³-hybridized carbons (Fsp3) is 0.348. The zero-order valence-corrected chi connectivity index (χ0v) is 16.7. The van der Waals surface area contributed by atoms with Crippen LogP contribution >= 0.6 is 0 Å². The Kier molecular flexibility index (Phi) is 4.85. The molecule has 2 N–H and O–H groups in total. The summed E-state index contributed by atoms with van der Waals surface area (Å²) in [6.45, 7) is 9.33. The fourth-order valence-corrected chi connectivity index (χ4v) is 4.49. The molecule has 4 rings (SSSR count). The van der Waals surface area contributed by atoms with Crippen molar-refractivity contribution in [2.24, 2.45) is 0 Å². The number of para-hydroxylation sites is 1. The third-order valence-corrected chi connectivity index (χ3v) is 5.82. The van der Waals surface area contributed by atoms with Crippen LogP contribution in [0, 0.1) is 20.8 Å². The molecule has 0 spiro atoms. The highest BCUT2D eigenvalue weighted by Gasteiger charge is 2.33. The molecule has 1 atom stereocenters. The van der Waals surface area contributed by atoms with Gasteiger partial charge in [-0.25, -0.2) is 0 Å². The Balaban J connectivity index is 1.59. The maximum absolute atomic E-state index is 12.3. The standard InChI is InChI=1S/C23H27N3O2/c1-15-8-9-20(16(2)14-15)25-10-12-26(13-11-25)22(23(27)28)21-17(3)24-19-7-5-4-6-18(19)21/h4-9,14,22,24H,10-13H2,1-3H3,(H,27,28)/t22-/m0/s1. The van der Waals surface area contributed by atoms with Crippen molar-refractivity contribution in [3.63, 3.8) is 0 Å². The molecule has 0 aliphatic carbocycles. The van der Waals surface area contributed by atoms with Crippen LogP contribution in [0.25, 0.3) is 10.9 Å². The monoisotopic (exact) mass is 377 g/mol. The lowest BCUT2D eigenvalue weighted by molar-refractivity contribution is -0.143. The quantitative estimate of drug-likeness (QED) is 0.720. The van der Waals surface area contributed by atoms with Gasteiger partial charge in [-0.1, -0.05) is 35.9 Å². The van der Waals surface area contributed by atoms with E-state index < -0.39 is 12.0 Å². The molecular formula is C23H27N3O2. The van der Waals surface area contributed by atoms with Crippen LogP contribution in [0.2, 0.25) is 0 Å². The zero-order valence-electron chi connectivity index (χ0n) is 16.7. The number of carbonyl (C=O) groups is 1. The normalized spacial score (nSPS) is 16.5. The number of piperazine rings is 1. The fourth-order valence-electron chi connectivity index (χ4n) is 4.49. The Bertz CT molecular complexity index is 1020. The van der Waals surface area contributed by atoms with E-state index in [1.807, 2.05) is 31.2 Å². The van der Waals surface area contributed by atoms with Gasteiger partial charge < -0.3 is 15.0 Å². The van der Waals surface area contributed by atoms with Crippen molar-refractivity contribution in [2.75, 3.05) is 31.1 Å². The number of aromatic amines is 1. The molecule has 1 aliphatic heterocycles. The van der Waals surface area contributed by atoms with E-state index in [1.54, 1.807) is 0 Å². The zero-order chi connectivity index (χ0) is 19.8. The summed E-state index contributed by atoms with van der Waals surface area (Å²) in [6, 6.07) is 13.9. The molecule has 1 fully saturated rings. The first-order valence-electron chi connectivity index (χ1n) is 9.82. The summed E-state index contributed by atoms with van der Waals surface area (Å²) in [6.07, 6.45) is 0. The van der Waals surface area contributed by atoms with Crippen molar-refractivity contribution < 1.29 is 9.90 Å². The summed E-state index contributed by atoms with van der Waals surface area (Å²) >= 11 is 0. The van der Waals surface area contributed by atoms with Crippen molar-refractivity contribution in [1.29, 1.82) is 0 Å². The number of aliphatic carboxylic acids is 1. The second kappa shape index (κ2) is 7.32. The highest BCUT2D eigenvalue weighted by molar-refractivity contribution is 5.90. The van der Waals surface area contributed by atoms with Gasteiger partial charge in [-0.2, -0.15) is 0 Å². The highest BCUT2D eigenvalue weighted by atomic mass is 16.4. The van der Waals surface area contributed by atoms with Gasteiger partial charge in [-0.05, 0) is 38.5 Å². The number of hydrogen-bond donors (Lipinski definition) is 2. The summed E-state index contributed by atoms with van der Waals surface area (Å²) in [4.78, 5) is 20.1. The first-order valence-corrected chi connectivity index (χ1v) is 9.82. The molecule has 2 heterocycles. The van der Waals surface area contributed by atoms with Crippen LogP contribution in [-0.2, 0) is 4.79 Å². The molecule has 0 amide bonds. The minimum absolute atomic E-state index is 0.627. The smallest absolute Gasteiger partial charge is 0.325 e. The Hall–Kier alpha value is -2.79. The Labute approximate surface area is 165 Å². The molecule has 0 radical (unpaired) electrons. The number of carboxylic acids is 1. The molecule has 0 saturated carbocycles. The number of nitrogens with zero attached hydrogens (tertiary/aromatic N) is 2. The molecular weight excluding hydrogens is 350 g/mol. The van der Waals surface area contributed by atoms with E-state index in [9.17, 15) is 9.90 Å². The van der Waals surface area contributed by atoms with Gasteiger partial charge in [0, 0.05) is 54.0 Å². The number of fused-ring (bicyclic) bond motifs is 1. The minimum Gasteiger partial charge on any atom is -0.480 e. The van der Waals surface area contributed by atoms with Crippen LogP contribution in [-0.4, -0.2) is 47.1 Å². The predicted molar refractivity (Wildman–Crippen MR) is 113 cm³/mol. The molecule has 2 aromatic carbocycles. The van der Waals surface area contributed by atoms with Crippen LogP contribution in [0.1, 0.15) is 28.4 Å². The number of aromatic nitrogens is 1. The van der Waals surface area contributed by atoms with E-state index in [-0.39, 0.29) is 0 Å². The van der Waals surface area contributed by atoms with Gasteiger partial charge >= 0.3 is 5.97 Å². The summed E-state index contributed by atoms with van der Waals surface area (Å²) < 4.78 is 0. The van der Waals surface area contributed by atoms with Crippen LogP contribution in [0.4, 0.5) is 5.69 Å². The first-order chi connectivity index (χ1) is 13.5. The molecule has 1 aliphatic rings. The average Bonchev–Trinajstić information content (AvgIpc) is 2.99. The molecule has 0 bridgehead atoms. The first kappa shape index (κ1) is 18.6. The number of aryl methyl sites for hydroxylation is 3.